The Morgan fingerprint density at radius 1 is 0.946 bits per heavy atom. The molecule has 4 rings (SSSR count). The van der Waals surface area contributed by atoms with Crippen LogP contribution in [0.1, 0.15) is 23.2 Å². The predicted molar refractivity (Wildman–Crippen MR) is 140 cm³/mol. The Kier molecular flexibility index (Phi) is 8.35. The van der Waals surface area contributed by atoms with Gasteiger partial charge in [-0.15, -0.1) is 0 Å². The van der Waals surface area contributed by atoms with Crippen LogP contribution >= 0.6 is 0 Å². The van der Waals surface area contributed by atoms with E-state index in [2.05, 4.69) is 10.2 Å². The van der Waals surface area contributed by atoms with Crippen LogP contribution in [0.2, 0.25) is 0 Å². The van der Waals surface area contributed by atoms with E-state index in [1.54, 1.807) is 36.4 Å². The highest BCUT2D eigenvalue weighted by Gasteiger charge is 2.35. The third-order valence-corrected chi connectivity index (χ3v) is 8.82. The molecule has 1 atom stereocenters. The predicted octanol–water partition coefficient (Wildman–Crippen LogP) is 2.13. The number of hydrogen-bond acceptors (Lipinski definition) is 7. The zero-order valence-corrected chi connectivity index (χ0v) is 22.3. The van der Waals surface area contributed by atoms with Crippen molar-refractivity contribution in [3.8, 4) is 11.5 Å². The zero-order valence-electron chi connectivity index (χ0n) is 21.5. The Morgan fingerprint density at radius 3 is 2.30 bits per heavy atom. The molecular weight excluding hydrogens is 496 g/mol. The van der Waals surface area contributed by atoms with Gasteiger partial charge in [0.25, 0.3) is 5.91 Å². The second-order valence-electron chi connectivity index (χ2n) is 9.38. The number of hydrogen-bond donors (Lipinski definition) is 1. The number of carbonyl (C=O) groups excluding carboxylic acids is 2. The Hall–Kier alpha value is -3.15. The first-order valence-corrected chi connectivity index (χ1v) is 13.8. The molecule has 0 aromatic heterocycles. The lowest BCUT2D eigenvalue weighted by Gasteiger charge is -2.32. The fraction of sp³-hybridized carbons (Fsp3) is 0.462. The lowest BCUT2D eigenvalue weighted by Crippen LogP contribution is -2.47. The topological polar surface area (TPSA) is 108 Å². The minimum absolute atomic E-state index is 0.0102. The molecular formula is C26H34N4O6S. The maximum atomic E-state index is 13.4. The lowest BCUT2D eigenvalue weighted by atomic mass is 9.98. The Labute approximate surface area is 218 Å². The van der Waals surface area contributed by atoms with Gasteiger partial charge in [-0.25, -0.2) is 8.42 Å². The summed E-state index contributed by atoms with van der Waals surface area (Å²) in [6.45, 7) is 3.45. The van der Waals surface area contributed by atoms with E-state index in [0.717, 1.165) is 13.1 Å². The van der Waals surface area contributed by atoms with Crippen LogP contribution in [0.25, 0.3) is 0 Å². The van der Waals surface area contributed by atoms with Crippen LogP contribution in [0.5, 0.6) is 11.5 Å². The molecule has 200 valence electrons. The minimum Gasteiger partial charge on any atom is -0.497 e. The molecule has 2 saturated heterocycles. The van der Waals surface area contributed by atoms with Crippen molar-refractivity contribution in [2.24, 2.45) is 5.92 Å². The summed E-state index contributed by atoms with van der Waals surface area (Å²) in [6, 6.07) is 11.5. The molecule has 2 amide bonds. The van der Waals surface area contributed by atoms with Crippen molar-refractivity contribution >= 4 is 27.5 Å². The largest absolute Gasteiger partial charge is 0.497 e. The highest BCUT2D eigenvalue weighted by Crippen LogP contribution is 2.33. The number of piperazine rings is 1. The molecule has 0 aliphatic carbocycles. The van der Waals surface area contributed by atoms with Crippen molar-refractivity contribution < 1.29 is 27.5 Å². The van der Waals surface area contributed by atoms with Crippen molar-refractivity contribution in [1.29, 1.82) is 0 Å². The third kappa shape index (κ3) is 6.06. The van der Waals surface area contributed by atoms with E-state index in [9.17, 15) is 18.0 Å². The number of ether oxygens (including phenoxy) is 2. The van der Waals surface area contributed by atoms with E-state index in [-0.39, 0.29) is 29.0 Å². The monoisotopic (exact) mass is 530 g/mol. The van der Waals surface area contributed by atoms with Gasteiger partial charge in [-0.05, 0) is 56.3 Å². The number of methoxy groups -OCH3 is 2. The van der Waals surface area contributed by atoms with Crippen LogP contribution in [0.3, 0.4) is 0 Å². The number of rotatable bonds is 7. The summed E-state index contributed by atoms with van der Waals surface area (Å²) in [5.41, 5.74) is 1.14. The van der Waals surface area contributed by atoms with Crippen molar-refractivity contribution in [2.45, 2.75) is 17.7 Å². The van der Waals surface area contributed by atoms with E-state index in [0.29, 0.717) is 49.5 Å². The van der Waals surface area contributed by atoms with E-state index in [1.165, 1.54) is 24.6 Å². The number of benzene rings is 2. The Bertz CT molecular complexity index is 1230. The molecule has 2 aromatic rings. The van der Waals surface area contributed by atoms with Gasteiger partial charge in [0.2, 0.25) is 15.9 Å². The zero-order chi connectivity index (χ0) is 26.6. The van der Waals surface area contributed by atoms with Crippen LogP contribution in [0.15, 0.2) is 47.4 Å². The first-order valence-electron chi connectivity index (χ1n) is 12.3. The average Bonchev–Trinajstić information content (AvgIpc) is 2.93. The lowest BCUT2D eigenvalue weighted by molar-refractivity contribution is -0.120. The van der Waals surface area contributed by atoms with Gasteiger partial charge in [-0.2, -0.15) is 4.31 Å². The molecule has 2 heterocycles. The fourth-order valence-electron chi connectivity index (χ4n) is 4.63. The smallest absolute Gasteiger partial charge is 0.253 e. The number of likely N-dealkylation sites (N-methyl/N-ethyl adjacent to an activating group) is 1. The van der Waals surface area contributed by atoms with Crippen LogP contribution in [0.4, 0.5) is 5.69 Å². The molecule has 1 N–H and O–H groups in total. The minimum atomic E-state index is -3.90. The quantitative estimate of drug-likeness (QED) is 0.584. The first kappa shape index (κ1) is 26.9. The number of amides is 2. The van der Waals surface area contributed by atoms with Crippen LogP contribution in [0, 0.1) is 5.92 Å². The van der Waals surface area contributed by atoms with Crippen LogP contribution < -0.4 is 14.8 Å². The molecule has 2 fully saturated rings. The average molecular weight is 531 g/mol. The van der Waals surface area contributed by atoms with Gasteiger partial charge >= 0.3 is 0 Å². The van der Waals surface area contributed by atoms with E-state index < -0.39 is 15.9 Å². The molecule has 0 radical (unpaired) electrons. The fourth-order valence-corrected chi connectivity index (χ4v) is 6.33. The first-order chi connectivity index (χ1) is 17.7. The third-order valence-electron chi connectivity index (χ3n) is 6.93. The van der Waals surface area contributed by atoms with Gasteiger partial charge in [0.1, 0.15) is 16.4 Å². The van der Waals surface area contributed by atoms with Gasteiger partial charge in [0.05, 0.1) is 20.1 Å². The number of piperidine rings is 1. The van der Waals surface area contributed by atoms with Gasteiger partial charge in [-0.3, -0.25) is 9.59 Å². The summed E-state index contributed by atoms with van der Waals surface area (Å²) < 4.78 is 38.7. The summed E-state index contributed by atoms with van der Waals surface area (Å²) in [5.74, 6) is -0.159. The van der Waals surface area contributed by atoms with Crippen molar-refractivity contribution in [3.63, 3.8) is 0 Å². The molecule has 0 saturated carbocycles. The number of sulfonamides is 1. The highest BCUT2D eigenvalue weighted by atomic mass is 32.2. The van der Waals surface area contributed by atoms with Crippen LogP contribution in [-0.2, 0) is 14.8 Å². The molecule has 1 unspecified atom stereocenters. The highest BCUT2D eigenvalue weighted by molar-refractivity contribution is 7.89. The van der Waals surface area contributed by atoms with Gasteiger partial charge in [-0.1, -0.05) is 0 Å². The summed E-state index contributed by atoms with van der Waals surface area (Å²) in [6.07, 6.45) is 1.13. The SMILES string of the molecule is COc1ccc(OC)c(S(=O)(=O)N2CCCC(C(=O)Nc3ccc(C(=O)N4CCN(C)CC4)cc3)C2)c1. The van der Waals surface area contributed by atoms with E-state index in [1.807, 2.05) is 11.9 Å². The molecule has 2 aliphatic rings. The number of nitrogens with zero attached hydrogens (tertiary/aromatic N) is 3. The van der Waals surface area contributed by atoms with Crippen molar-refractivity contribution in [2.75, 3.05) is 65.9 Å². The standard InChI is InChI=1S/C26H34N4O6S/c1-28-13-15-29(16-14-28)26(32)19-6-8-21(9-7-19)27-25(31)20-5-4-12-30(18-20)37(33,34)24-17-22(35-2)10-11-23(24)36-3/h6-11,17,20H,4-5,12-16,18H2,1-3H3,(H,27,31). The molecule has 2 aliphatic heterocycles. The molecule has 0 spiro atoms. The number of carbonyl (C=O) groups is 2. The van der Waals surface area contributed by atoms with E-state index >= 15 is 0 Å². The summed E-state index contributed by atoms with van der Waals surface area (Å²) >= 11 is 0. The molecule has 11 heteroatoms. The van der Waals surface area contributed by atoms with Crippen molar-refractivity contribution in [3.05, 3.63) is 48.0 Å². The maximum Gasteiger partial charge on any atom is 0.253 e. The summed E-state index contributed by atoms with van der Waals surface area (Å²) in [4.78, 5) is 29.8. The number of nitrogens with one attached hydrogen (secondary N) is 1. The van der Waals surface area contributed by atoms with Gasteiger partial charge in [0, 0.05) is 56.6 Å². The maximum absolute atomic E-state index is 13.4. The molecule has 10 nitrogen and oxygen atoms in total. The van der Waals surface area contributed by atoms with Crippen LogP contribution in [-0.4, -0.2) is 94.9 Å². The Morgan fingerprint density at radius 2 is 1.65 bits per heavy atom. The van der Waals surface area contributed by atoms with E-state index in [4.69, 9.17) is 9.47 Å². The van der Waals surface area contributed by atoms with Gasteiger partial charge < -0.3 is 24.6 Å². The second kappa shape index (κ2) is 11.5. The Balaban J connectivity index is 1.41. The molecule has 0 bridgehead atoms. The molecule has 2 aromatic carbocycles. The van der Waals surface area contributed by atoms with Crippen molar-refractivity contribution in [1.82, 2.24) is 14.1 Å². The number of anilines is 1. The normalized spacial score (nSPS) is 19.3. The second-order valence-corrected chi connectivity index (χ2v) is 11.3. The summed E-state index contributed by atoms with van der Waals surface area (Å²) in [5, 5.41) is 2.88. The molecule has 37 heavy (non-hydrogen) atoms. The summed E-state index contributed by atoms with van der Waals surface area (Å²) in [7, 11) is 1.02. The van der Waals surface area contributed by atoms with Gasteiger partial charge in [0.15, 0.2) is 0 Å².